The summed E-state index contributed by atoms with van der Waals surface area (Å²) in [5, 5.41) is 2.23. The molecule has 0 bridgehead atoms. The molecule has 0 heterocycles. The van der Waals surface area contributed by atoms with Gasteiger partial charge in [-0.05, 0) is 0 Å². The van der Waals surface area contributed by atoms with E-state index in [-0.39, 0.29) is 0 Å². The molecule has 0 aliphatic carbocycles. The topological polar surface area (TPSA) is 0 Å². The zero-order chi connectivity index (χ0) is 12.1. The van der Waals surface area contributed by atoms with E-state index in [1.807, 2.05) is 0 Å². The number of rotatable bonds is 4. The van der Waals surface area contributed by atoms with Gasteiger partial charge in [0.1, 0.15) is 0 Å². The van der Waals surface area contributed by atoms with Crippen molar-refractivity contribution < 1.29 is 0 Å². The van der Waals surface area contributed by atoms with Crippen LogP contribution in [0.15, 0.2) is 60.7 Å². The van der Waals surface area contributed by atoms with E-state index in [2.05, 4.69) is 88.9 Å². The number of benzene rings is 2. The van der Waals surface area contributed by atoms with E-state index in [9.17, 15) is 0 Å². The summed E-state index contributed by atoms with van der Waals surface area (Å²) in [5.74, 6) is 0. The average Bonchev–Trinajstić information content (AvgIpc) is 2.30. The molecule has 0 N–H and O–H groups in total. The van der Waals surface area contributed by atoms with E-state index >= 15 is 0 Å². The molecule has 0 unspecified atom stereocenters. The van der Waals surface area contributed by atoms with E-state index in [0.29, 0.717) is 0 Å². The number of halogens is 2. The third-order valence-corrected chi connectivity index (χ3v) is 10.4. The molecular formula is C14H14Br2Se. The van der Waals surface area contributed by atoms with Gasteiger partial charge in [-0.25, -0.2) is 0 Å². The van der Waals surface area contributed by atoms with Gasteiger partial charge in [0.2, 0.25) is 0 Å². The first-order valence-corrected chi connectivity index (χ1v) is 15.9. The second-order valence-corrected chi connectivity index (χ2v) is 25.5. The van der Waals surface area contributed by atoms with Crippen LogP contribution in [0.2, 0.25) is 0 Å². The zero-order valence-electron chi connectivity index (χ0n) is 9.35. The monoisotopic (exact) mass is 420 g/mol. The van der Waals surface area contributed by atoms with Crippen molar-refractivity contribution in [3.8, 4) is 0 Å². The molecular weight excluding hydrogens is 407 g/mol. The van der Waals surface area contributed by atoms with E-state index in [4.69, 9.17) is 0 Å². The molecule has 0 aliphatic heterocycles. The summed E-state index contributed by atoms with van der Waals surface area (Å²) in [6.07, 6.45) is 0. The summed E-state index contributed by atoms with van der Waals surface area (Å²) in [6.45, 7) is 0. The van der Waals surface area contributed by atoms with Crippen LogP contribution in [0, 0.1) is 0 Å². The maximum absolute atomic E-state index is 3.93. The van der Waals surface area contributed by atoms with Crippen LogP contribution < -0.4 is 0 Å². The van der Waals surface area contributed by atoms with Crippen molar-refractivity contribution in [3.63, 3.8) is 0 Å². The van der Waals surface area contributed by atoms with E-state index < -0.39 is 9.23 Å². The Morgan fingerprint density at radius 3 is 1.35 bits per heavy atom. The van der Waals surface area contributed by atoms with Crippen molar-refractivity contribution in [2.75, 3.05) is 0 Å². The van der Waals surface area contributed by atoms with E-state index in [1.165, 1.54) is 11.1 Å². The van der Waals surface area contributed by atoms with Crippen molar-refractivity contribution in [1.29, 1.82) is 0 Å². The quantitative estimate of drug-likeness (QED) is 0.624. The van der Waals surface area contributed by atoms with Gasteiger partial charge < -0.3 is 0 Å². The summed E-state index contributed by atoms with van der Waals surface area (Å²) in [7, 11) is -1.75. The van der Waals surface area contributed by atoms with Crippen molar-refractivity contribution in [1.82, 2.24) is 0 Å². The normalized spacial score (nSPS) is 12.4. The molecule has 0 nitrogen and oxygen atoms in total. The van der Waals surface area contributed by atoms with Gasteiger partial charge in [-0.15, -0.1) is 0 Å². The summed E-state index contributed by atoms with van der Waals surface area (Å²) in [5.41, 5.74) is 2.80. The van der Waals surface area contributed by atoms with Crippen LogP contribution in [0.1, 0.15) is 11.1 Å². The fourth-order valence-electron chi connectivity index (χ4n) is 1.69. The van der Waals surface area contributed by atoms with Crippen LogP contribution in [0.4, 0.5) is 0 Å². The van der Waals surface area contributed by atoms with Crippen LogP contribution in [-0.2, 0) is 10.6 Å². The molecule has 0 radical (unpaired) electrons. The van der Waals surface area contributed by atoms with Gasteiger partial charge >= 0.3 is 120 Å². The molecule has 0 spiro atoms. The predicted molar refractivity (Wildman–Crippen MR) is 83.9 cm³/mol. The van der Waals surface area contributed by atoms with Gasteiger partial charge in [-0.2, -0.15) is 0 Å². The molecule has 0 atom stereocenters. The maximum atomic E-state index is 3.93. The molecule has 17 heavy (non-hydrogen) atoms. The van der Waals surface area contributed by atoms with Crippen LogP contribution in [0.5, 0.6) is 0 Å². The molecule has 0 amide bonds. The summed E-state index contributed by atoms with van der Waals surface area (Å²) < 4.78 is 0. The van der Waals surface area contributed by atoms with Gasteiger partial charge in [0.05, 0.1) is 0 Å². The summed E-state index contributed by atoms with van der Waals surface area (Å²) >= 11 is 7.86. The molecule has 2 aromatic carbocycles. The minimum absolute atomic E-state index is 1.12. The third-order valence-electron chi connectivity index (χ3n) is 2.44. The van der Waals surface area contributed by atoms with Crippen molar-refractivity contribution in [3.05, 3.63) is 71.8 Å². The second-order valence-electron chi connectivity index (χ2n) is 3.96. The Morgan fingerprint density at radius 2 is 1.00 bits per heavy atom. The van der Waals surface area contributed by atoms with Gasteiger partial charge in [0.15, 0.2) is 0 Å². The Bertz CT molecular complexity index is 411. The predicted octanol–water partition coefficient (Wildman–Crippen LogP) is 4.78. The Labute approximate surface area is 119 Å². The molecule has 90 valence electrons. The molecule has 0 fully saturated rings. The van der Waals surface area contributed by atoms with Crippen LogP contribution in [0.3, 0.4) is 0 Å². The van der Waals surface area contributed by atoms with E-state index in [1.54, 1.807) is 0 Å². The first-order chi connectivity index (χ1) is 8.16. The molecule has 2 aromatic rings. The number of hydrogen-bond acceptors (Lipinski definition) is 0. The van der Waals surface area contributed by atoms with Crippen molar-refractivity contribution in [2.24, 2.45) is 0 Å². The zero-order valence-corrected chi connectivity index (χ0v) is 14.2. The Balaban J connectivity index is 2.04. The van der Waals surface area contributed by atoms with E-state index in [0.717, 1.165) is 10.6 Å². The molecule has 0 aromatic heterocycles. The van der Waals surface area contributed by atoms with Gasteiger partial charge in [-0.3, -0.25) is 0 Å². The standard InChI is InChI=1S/C14H14Br2Se/c15-17(16,11-13-7-3-1-4-8-13)12-14-9-5-2-6-10-14/h1-10H,11-12H2. The van der Waals surface area contributed by atoms with Gasteiger partial charge in [-0.1, -0.05) is 0 Å². The SMILES string of the molecule is Br[Se](Br)(Cc1ccccc1)Cc1ccccc1. The minimum atomic E-state index is -1.75. The molecule has 0 saturated carbocycles. The van der Waals surface area contributed by atoms with Crippen LogP contribution >= 0.6 is 28.2 Å². The van der Waals surface area contributed by atoms with Gasteiger partial charge in [0.25, 0.3) is 0 Å². The Morgan fingerprint density at radius 1 is 0.647 bits per heavy atom. The Kier molecular flexibility index (Phi) is 4.86. The first kappa shape index (κ1) is 13.4. The van der Waals surface area contributed by atoms with Crippen molar-refractivity contribution >= 4 is 37.4 Å². The van der Waals surface area contributed by atoms with Crippen molar-refractivity contribution in [2.45, 2.75) is 10.6 Å². The van der Waals surface area contributed by atoms with Crippen LogP contribution in [-0.4, -0.2) is 9.23 Å². The summed E-state index contributed by atoms with van der Waals surface area (Å²) in [4.78, 5) is 0. The first-order valence-electron chi connectivity index (χ1n) is 5.41. The second kappa shape index (κ2) is 6.19. The average molecular weight is 421 g/mol. The molecule has 0 aliphatic rings. The Hall–Kier alpha value is -0.0805. The third kappa shape index (κ3) is 4.59. The molecule has 2 rings (SSSR count). The molecule has 0 saturated heterocycles. The number of hydrogen-bond donors (Lipinski definition) is 0. The summed E-state index contributed by atoms with van der Waals surface area (Å²) in [6, 6.07) is 21.3. The van der Waals surface area contributed by atoms with Crippen LogP contribution in [0.25, 0.3) is 0 Å². The fraction of sp³-hybridized carbons (Fsp3) is 0.143. The fourth-order valence-corrected chi connectivity index (χ4v) is 10.2. The van der Waals surface area contributed by atoms with Gasteiger partial charge in [0, 0.05) is 0 Å². The molecule has 3 heteroatoms.